The van der Waals surface area contributed by atoms with Crippen molar-refractivity contribution >= 4 is 5.69 Å². The number of benzene rings is 1. The molecule has 1 atom stereocenters. The topological polar surface area (TPSA) is 15.3 Å². The van der Waals surface area contributed by atoms with Crippen LogP contribution in [0.4, 0.5) is 10.1 Å². The first-order valence-electron chi connectivity index (χ1n) is 6.41. The molecule has 3 heteroatoms. The van der Waals surface area contributed by atoms with Gasteiger partial charge in [0.15, 0.2) is 0 Å². The molecule has 1 aromatic carbocycles. The van der Waals surface area contributed by atoms with E-state index in [0.717, 1.165) is 26.1 Å². The van der Waals surface area contributed by atoms with Gasteiger partial charge in [0.25, 0.3) is 0 Å². The minimum absolute atomic E-state index is 0.141. The average Bonchev–Trinajstić information content (AvgIpc) is 2.35. The van der Waals surface area contributed by atoms with Gasteiger partial charge in [-0.2, -0.15) is 0 Å². The van der Waals surface area contributed by atoms with E-state index in [1.54, 1.807) is 6.07 Å². The number of nitrogens with one attached hydrogen (secondary N) is 1. The predicted molar refractivity (Wildman–Crippen MR) is 72.0 cm³/mol. The van der Waals surface area contributed by atoms with Crippen LogP contribution in [0.5, 0.6) is 0 Å². The maximum Gasteiger partial charge on any atom is 0.146 e. The molecule has 0 aliphatic carbocycles. The SMILES string of the molecule is CCC(C)NCCN(CC)c1ccccc1F. The van der Waals surface area contributed by atoms with Crippen molar-refractivity contribution in [2.45, 2.75) is 33.2 Å². The van der Waals surface area contributed by atoms with Crippen LogP contribution in [0.1, 0.15) is 27.2 Å². The lowest BCUT2D eigenvalue weighted by Crippen LogP contribution is -2.36. The van der Waals surface area contributed by atoms with Crippen molar-refractivity contribution in [3.8, 4) is 0 Å². The zero-order valence-corrected chi connectivity index (χ0v) is 11.0. The minimum atomic E-state index is -0.141. The van der Waals surface area contributed by atoms with E-state index in [1.807, 2.05) is 12.1 Å². The smallest absolute Gasteiger partial charge is 0.146 e. The summed E-state index contributed by atoms with van der Waals surface area (Å²) in [5.41, 5.74) is 0.695. The van der Waals surface area contributed by atoms with Gasteiger partial charge in [-0.15, -0.1) is 0 Å². The Kier molecular flexibility index (Phi) is 5.98. The molecule has 0 spiro atoms. The summed E-state index contributed by atoms with van der Waals surface area (Å²) in [7, 11) is 0. The zero-order valence-electron chi connectivity index (χ0n) is 11.0. The number of hydrogen-bond acceptors (Lipinski definition) is 2. The lowest BCUT2D eigenvalue weighted by Gasteiger charge is -2.24. The maximum atomic E-state index is 13.6. The van der Waals surface area contributed by atoms with Crippen LogP contribution in [0.15, 0.2) is 24.3 Å². The van der Waals surface area contributed by atoms with Gasteiger partial charge in [0.05, 0.1) is 5.69 Å². The van der Waals surface area contributed by atoms with Gasteiger partial charge in [-0.1, -0.05) is 19.1 Å². The van der Waals surface area contributed by atoms with Crippen molar-refractivity contribution in [1.29, 1.82) is 0 Å². The fourth-order valence-corrected chi connectivity index (χ4v) is 1.75. The van der Waals surface area contributed by atoms with E-state index in [2.05, 4.69) is 31.0 Å². The highest BCUT2D eigenvalue weighted by atomic mass is 19.1. The van der Waals surface area contributed by atoms with Crippen molar-refractivity contribution in [3.05, 3.63) is 30.1 Å². The van der Waals surface area contributed by atoms with E-state index in [9.17, 15) is 4.39 Å². The molecule has 0 aliphatic rings. The van der Waals surface area contributed by atoms with Gasteiger partial charge in [-0.05, 0) is 32.4 Å². The molecule has 1 aromatic rings. The van der Waals surface area contributed by atoms with E-state index in [0.29, 0.717) is 11.7 Å². The fourth-order valence-electron chi connectivity index (χ4n) is 1.75. The summed E-state index contributed by atoms with van der Waals surface area (Å²) in [6.45, 7) is 8.92. The summed E-state index contributed by atoms with van der Waals surface area (Å²) in [5.74, 6) is -0.141. The Bertz CT molecular complexity index is 328. The zero-order chi connectivity index (χ0) is 12.7. The number of halogens is 1. The summed E-state index contributed by atoms with van der Waals surface area (Å²) in [6.07, 6.45) is 1.12. The summed E-state index contributed by atoms with van der Waals surface area (Å²) in [5, 5.41) is 3.42. The van der Waals surface area contributed by atoms with Crippen LogP contribution in [0.2, 0.25) is 0 Å². The van der Waals surface area contributed by atoms with E-state index in [1.165, 1.54) is 6.07 Å². The molecule has 1 N–H and O–H groups in total. The van der Waals surface area contributed by atoms with E-state index < -0.39 is 0 Å². The molecule has 0 aliphatic heterocycles. The van der Waals surface area contributed by atoms with Crippen LogP contribution in [0.25, 0.3) is 0 Å². The average molecular weight is 238 g/mol. The quantitative estimate of drug-likeness (QED) is 0.785. The molecule has 1 rings (SSSR count). The van der Waals surface area contributed by atoms with Crippen LogP contribution >= 0.6 is 0 Å². The Morgan fingerprint density at radius 1 is 1.29 bits per heavy atom. The van der Waals surface area contributed by atoms with Gasteiger partial charge in [0, 0.05) is 25.7 Å². The van der Waals surface area contributed by atoms with Gasteiger partial charge >= 0.3 is 0 Å². The van der Waals surface area contributed by atoms with Gasteiger partial charge in [-0.25, -0.2) is 4.39 Å². The molecule has 2 nitrogen and oxygen atoms in total. The van der Waals surface area contributed by atoms with Crippen LogP contribution in [-0.2, 0) is 0 Å². The normalized spacial score (nSPS) is 12.5. The second-order valence-corrected chi connectivity index (χ2v) is 4.29. The van der Waals surface area contributed by atoms with Crippen molar-refractivity contribution < 1.29 is 4.39 Å². The standard InChI is InChI=1S/C14H23FN2/c1-4-12(3)16-10-11-17(5-2)14-9-7-6-8-13(14)15/h6-9,12,16H,4-5,10-11H2,1-3H3. The second kappa shape index (κ2) is 7.28. The first-order valence-corrected chi connectivity index (χ1v) is 6.41. The molecule has 17 heavy (non-hydrogen) atoms. The van der Waals surface area contributed by atoms with Gasteiger partial charge in [0.2, 0.25) is 0 Å². The number of para-hydroxylation sites is 1. The minimum Gasteiger partial charge on any atom is -0.368 e. The molecule has 0 bridgehead atoms. The highest BCUT2D eigenvalue weighted by molar-refractivity contribution is 5.47. The third kappa shape index (κ3) is 4.35. The lowest BCUT2D eigenvalue weighted by atomic mass is 10.2. The molecule has 0 saturated carbocycles. The molecule has 0 fully saturated rings. The van der Waals surface area contributed by atoms with Crippen LogP contribution < -0.4 is 10.2 Å². The molecule has 0 amide bonds. The highest BCUT2D eigenvalue weighted by Crippen LogP contribution is 2.17. The molecular weight excluding hydrogens is 215 g/mol. The number of likely N-dealkylation sites (N-methyl/N-ethyl adjacent to an activating group) is 1. The second-order valence-electron chi connectivity index (χ2n) is 4.29. The Hall–Kier alpha value is -1.09. The molecule has 0 aromatic heterocycles. The molecule has 96 valence electrons. The molecular formula is C14H23FN2. The Labute approximate surface area is 104 Å². The number of rotatable bonds is 7. The molecule has 0 saturated heterocycles. The van der Waals surface area contributed by atoms with Gasteiger partial charge in [-0.3, -0.25) is 0 Å². The van der Waals surface area contributed by atoms with Gasteiger partial charge < -0.3 is 10.2 Å². The lowest BCUT2D eigenvalue weighted by molar-refractivity contribution is 0.531. The number of anilines is 1. The van der Waals surface area contributed by atoms with Crippen molar-refractivity contribution in [2.75, 3.05) is 24.5 Å². The van der Waals surface area contributed by atoms with E-state index >= 15 is 0 Å². The third-order valence-electron chi connectivity index (χ3n) is 3.06. The Morgan fingerprint density at radius 3 is 2.59 bits per heavy atom. The first-order chi connectivity index (χ1) is 8.19. The van der Waals surface area contributed by atoms with Gasteiger partial charge in [0.1, 0.15) is 5.82 Å². The van der Waals surface area contributed by atoms with E-state index in [-0.39, 0.29) is 5.82 Å². The largest absolute Gasteiger partial charge is 0.368 e. The highest BCUT2D eigenvalue weighted by Gasteiger charge is 2.08. The molecule has 1 unspecified atom stereocenters. The van der Waals surface area contributed by atoms with E-state index in [4.69, 9.17) is 0 Å². The summed E-state index contributed by atoms with van der Waals surface area (Å²) < 4.78 is 13.6. The Balaban J connectivity index is 2.52. The number of nitrogens with zero attached hydrogens (tertiary/aromatic N) is 1. The van der Waals surface area contributed by atoms with Crippen molar-refractivity contribution in [2.24, 2.45) is 0 Å². The maximum absolute atomic E-state index is 13.6. The predicted octanol–water partition coefficient (Wildman–Crippen LogP) is 3.04. The first kappa shape index (κ1) is 14.0. The van der Waals surface area contributed by atoms with Crippen LogP contribution in [0.3, 0.4) is 0 Å². The van der Waals surface area contributed by atoms with Crippen LogP contribution in [-0.4, -0.2) is 25.7 Å². The third-order valence-corrected chi connectivity index (χ3v) is 3.06. The van der Waals surface area contributed by atoms with Crippen LogP contribution in [0, 0.1) is 5.82 Å². The van der Waals surface area contributed by atoms with Crippen molar-refractivity contribution in [3.63, 3.8) is 0 Å². The fraction of sp³-hybridized carbons (Fsp3) is 0.571. The molecule has 0 radical (unpaired) electrons. The number of hydrogen-bond donors (Lipinski definition) is 1. The monoisotopic (exact) mass is 238 g/mol. The summed E-state index contributed by atoms with van der Waals surface area (Å²) in [4.78, 5) is 2.06. The summed E-state index contributed by atoms with van der Waals surface area (Å²) >= 11 is 0. The van der Waals surface area contributed by atoms with Crippen molar-refractivity contribution in [1.82, 2.24) is 5.32 Å². The Morgan fingerprint density at radius 2 is 2.00 bits per heavy atom. The molecule has 0 heterocycles. The summed E-state index contributed by atoms with van der Waals surface area (Å²) in [6, 6.07) is 7.48.